The van der Waals surface area contributed by atoms with E-state index in [-0.39, 0.29) is 36.9 Å². The smallest absolute Gasteiger partial charge is 0.341 e. The maximum atomic E-state index is 12.5. The molecule has 2 fully saturated rings. The van der Waals surface area contributed by atoms with E-state index in [1.54, 1.807) is 28.9 Å². The van der Waals surface area contributed by atoms with E-state index in [2.05, 4.69) is 26.2 Å². The van der Waals surface area contributed by atoms with Gasteiger partial charge in [-0.3, -0.25) is 0 Å². The van der Waals surface area contributed by atoms with Crippen molar-refractivity contribution in [1.29, 1.82) is 5.26 Å². The molecule has 2 aliphatic heterocycles. The molecule has 5 rings (SSSR count). The molecule has 0 aliphatic carbocycles. The summed E-state index contributed by atoms with van der Waals surface area (Å²) in [6.07, 6.45) is -0.700. The predicted molar refractivity (Wildman–Crippen MR) is 110 cm³/mol. The average Bonchev–Trinajstić information content (AvgIpc) is 3.52. The number of benzene rings is 2. The molecule has 0 radical (unpaired) electrons. The summed E-state index contributed by atoms with van der Waals surface area (Å²) in [6, 6.07) is 17.1. The number of amides is 2. The molecule has 1 aromatic heterocycles. The van der Waals surface area contributed by atoms with Crippen LogP contribution in [0.4, 0.5) is 10.5 Å². The van der Waals surface area contributed by atoms with Crippen molar-refractivity contribution >= 4 is 11.7 Å². The minimum Gasteiger partial charge on any atom is -0.423 e. The van der Waals surface area contributed by atoms with Crippen molar-refractivity contribution in [3.8, 4) is 17.8 Å². The van der Waals surface area contributed by atoms with E-state index in [1.165, 1.54) is 0 Å². The topological polar surface area (TPSA) is 136 Å². The van der Waals surface area contributed by atoms with E-state index >= 15 is 0 Å². The number of carbonyl (C=O) groups is 1. The molecule has 0 spiro atoms. The van der Waals surface area contributed by atoms with Crippen LogP contribution in [-0.2, 0) is 9.47 Å². The van der Waals surface area contributed by atoms with Crippen molar-refractivity contribution in [3.05, 3.63) is 60.2 Å². The van der Waals surface area contributed by atoms with Gasteiger partial charge in [0.2, 0.25) is 0 Å². The summed E-state index contributed by atoms with van der Waals surface area (Å²) in [5, 5.41) is 26.4. The number of carbonyl (C=O) groups excluding carboxylic acids is 1. The average molecular weight is 433 g/mol. The van der Waals surface area contributed by atoms with Gasteiger partial charge in [-0.05, 0) is 40.8 Å². The second-order valence-electron chi connectivity index (χ2n) is 7.38. The van der Waals surface area contributed by atoms with Gasteiger partial charge in [0.05, 0.1) is 30.9 Å². The Balaban J connectivity index is 1.23. The summed E-state index contributed by atoms with van der Waals surface area (Å²) in [5.41, 5.74) is 0.989. The molecule has 32 heavy (non-hydrogen) atoms. The number of para-hydroxylation sites is 1. The van der Waals surface area contributed by atoms with Gasteiger partial charge in [0.15, 0.2) is 0 Å². The zero-order chi connectivity index (χ0) is 21.9. The van der Waals surface area contributed by atoms with Gasteiger partial charge in [0.25, 0.3) is 0 Å². The third-order valence-corrected chi connectivity index (χ3v) is 5.32. The van der Waals surface area contributed by atoms with Crippen LogP contribution in [0.1, 0.15) is 11.6 Å². The number of fused-ring (bicyclic) bond motifs is 1. The standard InChI is InChI=1S/C21H19N7O4/c22-10-13-5-4-6-14(9-13)23-20(29)24-16-11-30-19-17(12-31-18(16)19)28-21(25-26-27-28)32-15-7-2-1-3-8-15/h1-9,16-19H,11-12H2,(H2,23,24,29)/t16-,17+,18-,19+/m0/s1. The molecule has 11 nitrogen and oxygen atoms in total. The summed E-state index contributed by atoms with van der Waals surface area (Å²) in [6.45, 7) is 0.601. The maximum Gasteiger partial charge on any atom is 0.341 e. The van der Waals surface area contributed by atoms with E-state index in [4.69, 9.17) is 19.5 Å². The summed E-state index contributed by atoms with van der Waals surface area (Å²) < 4.78 is 19.2. The van der Waals surface area contributed by atoms with E-state index in [0.717, 1.165) is 0 Å². The molecule has 0 unspecified atom stereocenters. The Morgan fingerprint density at radius 1 is 1.12 bits per heavy atom. The van der Waals surface area contributed by atoms with Crippen LogP contribution in [0.5, 0.6) is 11.8 Å². The molecule has 2 aromatic carbocycles. The highest BCUT2D eigenvalue weighted by Gasteiger charge is 2.50. The number of nitrogens with zero attached hydrogens (tertiary/aromatic N) is 5. The molecule has 11 heteroatoms. The van der Waals surface area contributed by atoms with Crippen LogP contribution in [0.15, 0.2) is 54.6 Å². The molecule has 0 saturated carbocycles. The second-order valence-corrected chi connectivity index (χ2v) is 7.38. The Hall–Kier alpha value is -4.01. The molecule has 2 amide bonds. The molecular formula is C21H19N7O4. The van der Waals surface area contributed by atoms with Crippen LogP contribution in [0.2, 0.25) is 0 Å². The zero-order valence-electron chi connectivity index (χ0n) is 16.8. The predicted octanol–water partition coefficient (Wildman–Crippen LogP) is 1.87. The lowest BCUT2D eigenvalue weighted by Gasteiger charge is -2.18. The van der Waals surface area contributed by atoms with Gasteiger partial charge in [-0.25, -0.2) is 4.79 Å². The SMILES string of the molecule is N#Cc1cccc(NC(=O)N[C@H]2CO[C@H]3[C@H]2OC[C@H]3n2nnnc2Oc2ccccc2)c1. The summed E-state index contributed by atoms with van der Waals surface area (Å²) >= 11 is 0. The van der Waals surface area contributed by atoms with Crippen molar-refractivity contribution in [3.63, 3.8) is 0 Å². The number of nitrogens with one attached hydrogen (secondary N) is 2. The molecular weight excluding hydrogens is 414 g/mol. The highest BCUT2D eigenvalue weighted by atomic mass is 16.6. The van der Waals surface area contributed by atoms with Crippen molar-refractivity contribution in [2.75, 3.05) is 18.5 Å². The van der Waals surface area contributed by atoms with Crippen molar-refractivity contribution in [2.45, 2.75) is 24.3 Å². The Morgan fingerprint density at radius 3 is 2.81 bits per heavy atom. The van der Waals surface area contributed by atoms with Crippen molar-refractivity contribution < 1.29 is 19.0 Å². The first-order chi connectivity index (χ1) is 15.7. The fourth-order valence-corrected chi connectivity index (χ4v) is 3.87. The number of tetrazole rings is 1. The monoisotopic (exact) mass is 433 g/mol. The quantitative estimate of drug-likeness (QED) is 0.622. The highest BCUT2D eigenvalue weighted by molar-refractivity contribution is 5.89. The lowest BCUT2D eigenvalue weighted by atomic mass is 10.1. The molecule has 2 saturated heterocycles. The van der Waals surface area contributed by atoms with E-state index in [0.29, 0.717) is 23.6 Å². The lowest BCUT2D eigenvalue weighted by molar-refractivity contribution is 0.0613. The Bertz CT molecular complexity index is 1150. The van der Waals surface area contributed by atoms with Gasteiger partial charge in [-0.2, -0.15) is 9.94 Å². The van der Waals surface area contributed by atoms with Crippen LogP contribution < -0.4 is 15.4 Å². The number of aromatic nitrogens is 4. The van der Waals surface area contributed by atoms with Crippen LogP contribution in [-0.4, -0.2) is 57.7 Å². The number of rotatable bonds is 5. The second kappa shape index (κ2) is 8.62. The van der Waals surface area contributed by atoms with Crippen LogP contribution in [0.25, 0.3) is 0 Å². The van der Waals surface area contributed by atoms with Gasteiger partial charge in [0.1, 0.15) is 24.0 Å². The number of hydrogen-bond donors (Lipinski definition) is 2. The van der Waals surface area contributed by atoms with Crippen molar-refractivity contribution in [1.82, 2.24) is 25.5 Å². The Labute approximate surface area is 182 Å². The minimum absolute atomic E-state index is 0.237. The number of urea groups is 1. The normalized spacial score (nSPS) is 23.8. The molecule has 3 aromatic rings. The van der Waals surface area contributed by atoms with Gasteiger partial charge in [0, 0.05) is 5.69 Å². The number of ether oxygens (including phenoxy) is 3. The van der Waals surface area contributed by atoms with E-state index in [9.17, 15) is 4.79 Å². The van der Waals surface area contributed by atoms with Gasteiger partial charge in [-0.1, -0.05) is 29.4 Å². The van der Waals surface area contributed by atoms with Gasteiger partial charge >= 0.3 is 12.0 Å². The largest absolute Gasteiger partial charge is 0.423 e. The fourth-order valence-electron chi connectivity index (χ4n) is 3.87. The first-order valence-electron chi connectivity index (χ1n) is 10.0. The highest BCUT2D eigenvalue weighted by Crippen LogP contribution is 2.36. The summed E-state index contributed by atoms with van der Waals surface area (Å²) in [7, 11) is 0. The van der Waals surface area contributed by atoms with Crippen LogP contribution in [0, 0.1) is 11.3 Å². The molecule has 3 heterocycles. The Kier molecular flexibility index (Phi) is 5.37. The number of anilines is 1. The zero-order valence-corrected chi connectivity index (χ0v) is 16.8. The van der Waals surface area contributed by atoms with Crippen molar-refractivity contribution in [2.24, 2.45) is 0 Å². The maximum absolute atomic E-state index is 12.5. The first kappa shape index (κ1) is 19.9. The molecule has 2 N–H and O–H groups in total. The van der Waals surface area contributed by atoms with Crippen LogP contribution >= 0.6 is 0 Å². The lowest BCUT2D eigenvalue weighted by Crippen LogP contribution is -2.45. The van der Waals surface area contributed by atoms with Gasteiger partial charge in [-0.15, -0.1) is 0 Å². The molecule has 2 aliphatic rings. The molecule has 0 bridgehead atoms. The first-order valence-corrected chi connectivity index (χ1v) is 10.0. The number of hydrogen-bond acceptors (Lipinski definition) is 8. The third-order valence-electron chi connectivity index (χ3n) is 5.32. The minimum atomic E-state index is -0.406. The van der Waals surface area contributed by atoms with Gasteiger partial charge < -0.3 is 24.8 Å². The number of nitriles is 1. The Morgan fingerprint density at radius 2 is 1.97 bits per heavy atom. The van der Waals surface area contributed by atoms with E-state index < -0.39 is 6.03 Å². The third kappa shape index (κ3) is 3.96. The molecule has 162 valence electrons. The summed E-state index contributed by atoms with van der Waals surface area (Å²) in [4.78, 5) is 12.5. The van der Waals surface area contributed by atoms with E-state index in [1.807, 2.05) is 36.4 Å². The summed E-state index contributed by atoms with van der Waals surface area (Å²) in [5.74, 6) is 0.614. The van der Waals surface area contributed by atoms with Crippen LogP contribution in [0.3, 0.4) is 0 Å². The fraction of sp³-hybridized carbons (Fsp3) is 0.286. The molecule has 4 atom stereocenters.